The third-order valence-electron chi connectivity index (χ3n) is 5.03. The van der Waals surface area contributed by atoms with Crippen LogP contribution in [0.15, 0.2) is 24.4 Å². The van der Waals surface area contributed by atoms with Crippen LogP contribution in [-0.2, 0) is 5.41 Å². The van der Waals surface area contributed by atoms with Crippen molar-refractivity contribution in [3.63, 3.8) is 0 Å². The number of nitriles is 2. The van der Waals surface area contributed by atoms with Gasteiger partial charge < -0.3 is 0 Å². The van der Waals surface area contributed by atoms with Gasteiger partial charge in [0.2, 0.25) is 0 Å². The fourth-order valence-corrected chi connectivity index (χ4v) is 3.38. The maximum absolute atomic E-state index is 10.1. The highest BCUT2D eigenvalue weighted by atomic mass is 15.2. The first-order chi connectivity index (χ1) is 11.8. The average Bonchev–Trinajstić information content (AvgIpc) is 2.58. The van der Waals surface area contributed by atoms with Gasteiger partial charge in [0.1, 0.15) is 5.41 Å². The maximum atomic E-state index is 10.1. The highest BCUT2D eigenvalue weighted by Gasteiger charge is 2.38. The Morgan fingerprint density at radius 1 is 1.08 bits per heavy atom. The molecule has 0 aliphatic carbocycles. The van der Waals surface area contributed by atoms with Crippen LogP contribution in [0, 0.1) is 34.5 Å². The highest BCUT2D eigenvalue weighted by Crippen LogP contribution is 2.36. The van der Waals surface area contributed by atoms with E-state index < -0.39 is 5.41 Å². The van der Waals surface area contributed by atoms with Crippen molar-refractivity contribution in [1.29, 1.82) is 10.5 Å². The van der Waals surface area contributed by atoms with Crippen molar-refractivity contribution in [2.24, 2.45) is 11.8 Å². The Labute approximate surface area is 153 Å². The molecule has 0 aliphatic rings. The van der Waals surface area contributed by atoms with Gasteiger partial charge in [0.05, 0.1) is 23.8 Å². The second-order valence-electron chi connectivity index (χ2n) is 7.77. The molecule has 0 N–H and O–H groups in total. The van der Waals surface area contributed by atoms with Crippen molar-refractivity contribution < 1.29 is 0 Å². The van der Waals surface area contributed by atoms with Crippen molar-refractivity contribution in [3.05, 3.63) is 30.1 Å². The predicted molar refractivity (Wildman–Crippen MR) is 102 cm³/mol. The molecule has 2 atom stereocenters. The second-order valence-corrected chi connectivity index (χ2v) is 7.77. The molecule has 1 aromatic rings. The van der Waals surface area contributed by atoms with Gasteiger partial charge in [0.15, 0.2) is 0 Å². The van der Waals surface area contributed by atoms with Gasteiger partial charge in [-0.1, -0.05) is 19.9 Å². The highest BCUT2D eigenvalue weighted by molar-refractivity contribution is 5.27. The standard InChI is InChI=1S/C21H32N4/c1-16(2)19(14-22)13-21(15-23,20-9-7-8-11-24-20)10-12-25(17(3)4)18(5)6/h7-9,11,16-19H,10,12-13H2,1-6H3. The van der Waals surface area contributed by atoms with Gasteiger partial charge in [0, 0.05) is 24.8 Å². The molecule has 0 spiro atoms. The molecule has 4 heteroatoms. The molecule has 0 aliphatic heterocycles. The summed E-state index contributed by atoms with van der Waals surface area (Å²) in [6, 6.07) is 11.5. The summed E-state index contributed by atoms with van der Waals surface area (Å²) < 4.78 is 0. The van der Waals surface area contributed by atoms with Crippen LogP contribution in [0.25, 0.3) is 0 Å². The van der Waals surface area contributed by atoms with Crippen LogP contribution >= 0.6 is 0 Å². The third-order valence-corrected chi connectivity index (χ3v) is 5.03. The van der Waals surface area contributed by atoms with E-state index in [1.165, 1.54) is 0 Å². The van der Waals surface area contributed by atoms with Gasteiger partial charge >= 0.3 is 0 Å². The molecule has 2 unspecified atom stereocenters. The summed E-state index contributed by atoms with van der Waals surface area (Å²) >= 11 is 0. The lowest BCUT2D eigenvalue weighted by Gasteiger charge is -2.35. The van der Waals surface area contributed by atoms with Crippen LogP contribution in [0.5, 0.6) is 0 Å². The van der Waals surface area contributed by atoms with Crippen LogP contribution in [-0.4, -0.2) is 28.5 Å². The van der Waals surface area contributed by atoms with Gasteiger partial charge in [-0.05, 0) is 58.6 Å². The first-order valence-electron chi connectivity index (χ1n) is 9.25. The van der Waals surface area contributed by atoms with Crippen LogP contribution in [0.3, 0.4) is 0 Å². The van der Waals surface area contributed by atoms with E-state index in [0.717, 1.165) is 12.2 Å². The summed E-state index contributed by atoms with van der Waals surface area (Å²) in [6.45, 7) is 13.6. The van der Waals surface area contributed by atoms with E-state index in [9.17, 15) is 10.5 Å². The summed E-state index contributed by atoms with van der Waals surface area (Å²) in [7, 11) is 0. The number of hydrogen-bond donors (Lipinski definition) is 0. The Hall–Kier alpha value is -1.91. The molecule has 1 heterocycles. The van der Waals surface area contributed by atoms with Gasteiger partial charge in [-0.15, -0.1) is 0 Å². The second kappa shape index (κ2) is 9.54. The molecule has 4 nitrogen and oxygen atoms in total. The smallest absolute Gasteiger partial charge is 0.102 e. The lowest BCUT2D eigenvalue weighted by Crippen LogP contribution is -2.41. The molecule has 0 aromatic carbocycles. The van der Waals surface area contributed by atoms with Gasteiger partial charge in [-0.3, -0.25) is 9.88 Å². The Kier molecular flexibility index (Phi) is 8.07. The number of rotatable bonds is 9. The molecule has 0 amide bonds. The summed E-state index contributed by atoms with van der Waals surface area (Å²) in [5.41, 5.74) is 0.0550. The average molecular weight is 341 g/mol. The summed E-state index contributed by atoms with van der Waals surface area (Å²) in [5.74, 6) is 0.0564. The Bertz CT molecular complexity index is 587. The molecule has 0 bridgehead atoms. The van der Waals surface area contributed by atoms with Crippen LogP contribution < -0.4 is 0 Å². The molecule has 0 radical (unpaired) electrons. The van der Waals surface area contributed by atoms with Crippen molar-refractivity contribution in [2.45, 2.75) is 71.9 Å². The maximum Gasteiger partial charge on any atom is 0.102 e. The minimum atomic E-state index is -0.728. The molecule has 0 saturated heterocycles. The quantitative estimate of drug-likeness (QED) is 0.662. The zero-order valence-electron chi connectivity index (χ0n) is 16.5. The van der Waals surface area contributed by atoms with E-state index in [0.29, 0.717) is 24.9 Å². The monoisotopic (exact) mass is 340 g/mol. The number of aromatic nitrogens is 1. The zero-order chi connectivity index (χ0) is 19.0. The zero-order valence-corrected chi connectivity index (χ0v) is 16.5. The lowest BCUT2D eigenvalue weighted by molar-refractivity contribution is 0.157. The van der Waals surface area contributed by atoms with Gasteiger partial charge in [-0.2, -0.15) is 10.5 Å². The summed E-state index contributed by atoms with van der Waals surface area (Å²) in [5, 5.41) is 19.7. The Morgan fingerprint density at radius 2 is 1.72 bits per heavy atom. The van der Waals surface area contributed by atoms with E-state index in [1.54, 1.807) is 6.20 Å². The lowest BCUT2D eigenvalue weighted by atomic mass is 9.72. The topological polar surface area (TPSA) is 63.7 Å². The fraction of sp³-hybridized carbons (Fsp3) is 0.667. The summed E-state index contributed by atoms with van der Waals surface area (Å²) in [4.78, 5) is 6.88. The first-order valence-corrected chi connectivity index (χ1v) is 9.25. The molecule has 1 rings (SSSR count). The minimum absolute atomic E-state index is 0.159. The minimum Gasteiger partial charge on any atom is -0.298 e. The molecule has 0 fully saturated rings. The van der Waals surface area contributed by atoms with E-state index in [2.05, 4.69) is 49.7 Å². The molecule has 0 saturated carbocycles. The predicted octanol–water partition coefficient (Wildman–Crippen LogP) is 4.54. The molecule has 25 heavy (non-hydrogen) atoms. The van der Waals surface area contributed by atoms with Crippen molar-refractivity contribution >= 4 is 0 Å². The largest absolute Gasteiger partial charge is 0.298 e. The fourth-order valence-electron chi connectivity index (χ4n) is 3.38. The van der Waals surface area contributed by atoms with Crippen LogP contribution in [0.1, 0.15) is 60.1 Å². The number of pyridine rings is 1. The molecular formula is C21H32N4. The Morgan fingerprint density at radius 3 is 2.12 bits per heavy atom. The first kappa shape index (κ1) is 21.1. The third kappa shape index (κ3) is 5.55. The van der Waals surface area contributed by atoms with E-state index >= 15 is 0 Å². The molecule has 136 valence electrons. The normalized spacial score (nSPS) is 15.2. The Balaban J connectivity index is 3.19. The molecule has 1 aromatic heterocycles. The van der Waals surface area contributed by atoms with E-state index in [1.807, 2.05) is 32.0 Å². The van der Waals surface area contributed by atoms with Crippen LogP contribution in [0.4, 0.5) is 0 Å². The van der Waals surface area contributed by atoms with E-state index in [-0.39, 0.29) is 11.8 Å². The van der Waals surface area contributed by atoms with Crippen molar-refractivity contribution in [3.8, 4) is 12.1 Å². The van der Waals surface area contributed by atoms with E-state index in [4.69, 9.17) is 0 Å². The van der Waals surface area contributed by atoms with Gasteiger partial charge in [-0.25, -0.2) is 0 Å². The van der Waals surface area contributed by atoms with Gasteiger partial charge in [0.25, 0.3) is 0 Å². The van der Waals surface area contributed by atoms with Crippen LogP contribution in [0.2, 0.25) is 0 Å². The SMILES string of the molecule is CC(C)C(C#N)CC(C#N)(CCN(C(C)C)C(C)C)c1ccccn1. The number of nitrogens with zero attached hydrogens (tertiary/aromatic N) is 4. The van der Waals surface area contributed by atoms with Crippen molar-refractivity contribution in [1.82, 2.24) is 9.88 Å². The summed E-state index contributed by atoms with van der Waals surface area (Å²) in [6.07, 6.45) is 2.95. The molecular weight excluding hydrogens is 308 g/mol. The number of hydrogen-bond acceptors (Lipinski definition) is 4. The van der Waals surface area contributed by atoms with Crippen molar-refractivity contribution in [2.75, 3.05) is 6.54 Å².